The number of likely N-dealkylation sites (tertiary alicyclic amines) is 1. The minimum atomic E-state index is 0.0996. The van der Waals surface area contributed by atoms with Crippen LogP contribution in [-0.4, -0.2) is 42.3 Å². The molecule has 0 spiro atoms. The first-order chi connectivity index (χ1) is 12.3. The van der Waals surface area contributed by atoms with Gasteiger partial charge in [0.25, 0.3) is 0 Å². The number of hydrogen-bond donors (Lipinski definition) is 0. The van der Waals surface area contributed by atoms with Crippen molar-refractivity contribution in [3.63, 3.8) is 0 Å². The summed E-state index contributed by atoms with van der Waals surface area (Å²) in [4.78, 5) is 6.68. The van der Waals surface area contributed by atoms with Gasteiger partial charge in [-0.1, -0.05) is 6.07 Å². The molecule has 4 rings (SSSR count). The van der Waals surface area contributed by atoms with Gasteiger partial charge in [0.05, 0.1) is 31.8 Å². The van der Waals surface area contributed by atoms with Gasteiger partial charge in [-0.2, -0.15) is 0 Å². The maximum absolute atomic E-state index is 6.14. The molecule has 2 fully saturated rings. The molecule has 2 saturated heterocycles. The smallest absolute Gasteiger partial charge is 0.0947 e. The van der Waals surface area contributed by atoms with E-state index in [9.17, 15) is 0 Å². The highest BCUT2D eigenvalue weighted by molar-refractivity contribution is 5.08. The molecular weight excluding hydrogens is 316 g/mol. The van der Waals surface area contributed by atoms with Gasteiger partial charge in [0.1, 0.15) is 0 Å². The molecule has 5 nitrogen and oxygen atoms in total. The zero-order valence-corrected chi connectivity index (χ0v) is 14.6. The number of ether oxygens (including phenoxy) is 2. The summed E-state index contributed by atoms with van der Waals surface area (Å²) < 4.78 is 17.5. The first kappa shape index (κ1) is 16.8. The van der Waals surface area contributed by atoms with E-state index < -0.39 is 0 Å². The van der Waals surface area contributed by atoms with Crippen LogP contribution >= 0.6 is 0 Å². The lowest BCUT2D eigenvalue weighted by Crippen LogP contribution is -2.56. The molecule has 4 heterocycles. The Labute approximate surface area is 148 Å². The molecule has 0 radical (unpaired) electrons. The molecule has 0 aromatic carbocycles. The van der Waals surface area contributed by atoms with Gasteiger partial charge in [-0.05, 0) is 37.0 Å². The number of piperidine rings is 1. The van der Waals surface area contributed by atoms with E-state index in [4.69, 9.17) is 13.9 Å². The van der Waals surface area contributed by atoms with Crippen LogP contribution in [0.5, 0.6) is 0 Å². The highest BCUT2D eigenvalue weighted by atomic mass is 16.5. The number of nitrogens with zero attached hydrogens (tertiary/aromatic N) is 2. The van der Waals surface area contributed by atoms with E-state index in [-0.39, 0.29) is 5.41 Å². The van der Waals surface area contributed by atoms with Crippen LogP contribution in [-0.2, 0) is 22.6 Å². The minimum Gasteiger partial charge on any atom is -0.472 e. The van der Waals surface area contributed by atoms with Gasteiger partial charge in [-0.25, -0.2) is 0 Å². The Morgan fingerprint density at radius 2 is 2.32 bits per heavy atom. The van der Waals surface area contributed by atoms with Crippen molar-refractivity contribution in [2.24, 2.45) is 5.41 Å². The van der Waals surface area contributed by atoms with Crippen molar-refractivity contribution in [3.05, 3.63) is 54.2 Å². The Morgan fingerprint density at radius 3 is 3.16 bits per heavy atom. The van der Waals surface area contributed by atoms with Gasteiger partial charge < -0.3 is 13.9 Å². The molecule has 25 heavy (non-hydrogen) atoms. The number of furan rings is 1. The lowest BCUT2D eigenvalue weighted by Gasteiger charge is -2.50. The topological polar surface area (TPSA) is 47.7 Å². The molecule has 0 aliphatic carbocycles. The summed E-state index contributed by atoms with van der Waals surface area (Å²) in [6.45, 7) is 5.28. The van der Waals surface area contributed by atoms with Crippen LogP contribution < -0.4 is 0 Å². The van der Waals surface area contributed by atoms with E-state index in [0.717, 1.165) is 51.3 Å². The molecule has 0 saturated carbocycles. The number of hydrogen-bond acceptors (Lipinski definition) is 5. The van der Waals surface area contributed by atoms with Gasteiger partial charge in [0.15, 0.2) is 0 Å². The van der Waals surface area contributed by atoms with E-state index >= 15 is 0 Å². The number of aromatic nitrogens is 1. The molecule has 2 aromatic rings. The van der Waals surface area contributed by atoms with Crippen molar-refractivity contribution in [1.82, 2.24) is 9.88 Å². The molecule has 134 valence electrons. The normalized spacial score (nSPS) is 27.1. The average Bonchev–Trinajstić information content (AvgIpc) is 3.15. The first-order valence-corrected chi connectivity index (χ1v) is 9.16. The summed E-state index contributed by atoms with van der Waals surface area (Å²) in [5.41, 5.74) is 2.46. The van der Waals surface area contributed by atoms with Gasteiger partial charge >= 0.3 is 0 Å². The summed E-state index contributed by atoms with van der Waals surface area (Å²) in [5, 5.41) is 0. The summed E-state index contributed by atoms with van der Waals surface area (Å²) in [6, 6.07) is 6.07. The maximum Gasteiger partial charge on any atom is 0.0947 e. The van der Waals surface area contributed by atoms with Gasteiger partial charge in [-0.3, -0.25) is 9.88 Å². The van der Waals surface area contributed by atoms with Crippen LogP contribution in [0.1, 0.15) is 30.4 Å². The van der Waals surface area contributed by atoms with Crippen LogP contribution in [0.25, 0.3) is 0 Å². The quantitative estimate of drug-likeness (QED) is 0.806. The Balaban J connectivity index is 1.40. The molecule has 0 bridgehead atoms. The maximum atomic E-state index is 6.14. The van der Waals surface area contributed by atoms with Crippen molar-refractivity contribution in [2.75, 3.05) is 26.3 Å². The van der Waals surface area contributed by atoms with E-state index in [1.54, 1.807) is 12.5 Å². The second kappa shape index (κ2) is 7.68. The highest BCUT2D eigenvalue weighted by Crippen LogP contribution is 2.41. The summed E-state index contributed by atoms with van der Waals surface area (Å²) in [5.74, 6) is 0. The second-order valence-corrected chi connectivity index (χ2v) is 7.31. The third kappa shape index (κ3) is 3.94. The van der Waals surface area contributed by atoms with Gasteiger partial charge in [0, 0.05) is 49.6 Å². The van der Waals surface area contributed by atoms with Crippen LogP contribution in [0.15, 0.2) is 47.5 Å². The van der Waals surface area contributed by atoms with E-state index in [2.05, 4.69) is 22.0 Å². The molecule has 2 aliphatic heterocycles. The third-order valence-electron chi connectivity index (χ3n) is 5.43. The number of pyridine rings is 1. The Morgan fingerprint density at radius 1 is 1.32 bits per heavy atom. The fourth-order valence-corrected chi connectivity index (χ4v) is 4.22. The molecule has 2 aliphatic rings. The van der Waals surface area contributed by atoms with Crippen molar-refractivity contribution < 1.29 is 13.9 Å². The molecule has 0 N–H and O–H groups in total. The fourth-order valence-electron chi connectivity index (χ4n) is 4.22. The predicted molar refractivity (Wildman–Crippen MR) is 93.9 cm³/mol. The summed E-state index contributed by atoms with van der Waals surface area (Å²) in [6.07, 6.45) is 10.9. The summed E-state index contributed by atoms with van der Waals surface area (Å²) >= 11 is 0. The highest BCUT2D eigenvalue weighted by Gasteiger charge is 2.46. The van der Waals surface area contributed by atoms with Crippen molar-refractivity contribution in [2.45, 2.75) is 38.5 Å². The lowest BCUT2D eigenvalue weighted by molar-refractivity contribution is -0.155. The van der Waals surface area contributed by atoms with Crippen LogP contribution in [0.2, 0.25) is 0 Å². The Hall–Kier alpha value is -1.69. The average molecular weight is 342 g/mol. The SMILES string of the molecule is c1cncc(COC[C@@]23CCCO[C@H]2CCN(Cc2ccoc2)C3)c1. The number of fused-ring (bicyclic) bond motifs is 1. The second-order valence-electron chi connectivity index (χ2n) is 7.31. The lowest BCUT2D eigenvalue weighted by atomic mass is 9.73. The summed E-state index contributed by atoms with van der Waals surface area (Å²) in [7, 11) is 0. The third-order valence-corrected chi connectivity index (χ3v) is 5.43. The monoisotopic (exact) mass is 342 g/mol. The molecule has 2 aromatic heterocycles. The zero-order chi connectivity index (χ0) is 17.0. The standard InChI is InChI=1S/C20H26N2O3/c1-3-17(11-21-7-1)13-24-16-20-6-2-9-25-19(20)4-8-22(15-20)12-18-5-10-23-14-18/h1,3,5,7,10-11,14,19H,2,4,6,8-9,12-13,15-16H2/t19-,20-/m0/s1. The van der Waals surface area contributed by atoms with Crippen molar-refractivity contribution in [1.29, 1.82) is 0 Å². The molecule has 2 atom stereocenters. The van der Waals surface area contributed by atoms with Crippen LogP contribution in [0.3, 0.4) is 0 Å². The largest absolute Gasteiger partial charge is 0.472 e. The predicted octanol–water partition coefficient (Wildman–Crippen LogP) is 3.26. The van der Waals surface area contributed by atoms with Crippen LogP contribution in [0.4, 0.5) is 0 Å². The Bertz CT molecular complexity index is 646. The molecule has 0 unspecified atom stereocenters. The van der Waals surface area contributed by atoms with E-state index in [0.29, 0.717) is 12.7 Å². The molecule has 0 amide bonds. The van der Waals surface area contributed by atoms with E-state index in [1.165, 1.54) is 12.0 Å². The zero-order valence-electron chi connectivity index (χ0n) is 14.6. The molecular formula is C20H26N2O3. The van der Waals surface area contributed by atoms with Crippen molar-refractivity contribution in [3.8, 4) is 0 Å². The fraction of sp³-hybridized carbons (Fsp3) is 0.550. The Kier molecular flexibility index (Phi) is 5.15. The van der Waals surface area contributed by atoms with E-state index in [1.807, 2.05) is 18.5 Å². The van der Waals surface area contributed by atoms with Crippen LogP contribution in [0, 0.1) is 5.41 Å². The molecule has 5 heteroatoms. The van der Waals surface area contributed by atoms with Gasteiger partial charge in [-0.15, -0.1) is 0 Å². The number of rotatable bonds is 6. The van der Waals surface area contributed by atoms with Crippen molar-refractivity contribution >= 4 is 0 Å². The first-order valence-electron chi connectivity index (χ1n) is 9.16. The minimum absolute atomic E-state index is 0.0996. The van der Waals surface area contributed by atoms with Gasteiger partial charge in [0.2, 0.25) is 0 Å².